The zero-order valence-electron chi connectivity index (χ0n) is 10.4. The number of benzene rings is 1. The Hall–Kier alpha value is -2.50. The van der Waals surface area contributed by atoms with Crippen LogP contribution in [0.4, 0.5) is 0 Å². The summed E-state index contributed by atoms with van der Waals surface area (Å²) in [6, 6.07) is 7.82. The lowest BCUT2D eigenvalue weighted by Crippen LogP contribution is -2.06. The van der Waals surface area contributed by atoms with Gasteiger partial charge in [-0.1, -0.05) is 0 Å². The van der Waals surface area contributed by atoms with E-state index < -0.39 is 5.97 Å². The third-order valence-electron chi connectivity index (χ3n) is 2.61. The number of carboxylic acids is 1. The molecule has 100 valence electrons. The van der Waals surface area contributed by atoms with Crippen LogP contribution in [-0.2, 0) is 13.2 Å². The predicted molar refractivity (Wildman–Crippen MR) is 67.3 cm³/mol. The lowest BCUT2D eigenvalue weighted by molar-refractivity contribution is 0.0689. The van der Waals surface area contributed by atoms with Crippen molar-refractivity contribution in [1.82, 2.24) is 9.78 Å². The number of aryl methyl sites for hydroxylation is 1. The van der Waals surface area contributed by atoms with Gasteiger partial charge in [-0.15, -0.1) is 0 Å². The molecule has 1 heterocycles. The van der Waals surface area contributed by atoms with Gasteiger partial charge in [0, 0.05) is 6.54 Å². The molecule has 0 aliphatic heterocycles. The summed E-state index contributed by atoms with van der Waals surface area (Å²) in [5.74, 6) is -0.296. The van der Waals surface area contributed by atoms with Crippen molar-refractivity contribution in [2.24, 2.45) is 0 Å². The van der Waals surface area contributed by atoms with Gasteiger partial charge in [0.2, 0.25) is 0 Å². The minimum absolute atomic E-state index is 0.00570. The third kappa shape index (κ3) is 3.04. The predicted octanol–water partition coefficient (Wildman–Crippen LogP) is 1.89. The van der Waals surface area contributed by atoms with Crippen LogP contribution in [0.15, 0.2) is 30.3 Å². The first-order chi connectivity index (χ1) is 9.10. The van der Waals surface area contributed by atoms with E-state index in [0.29, 0.717) is 18.0 Å². The maximum atomic E-state index is 10.8. The van der Waals surface area contributed by atoms with Gasteiger partial charge in [0.25, 0.3) is 0 Å². The number of rotatable bonds is 5. The highest BCUT2D eigenvalue weighted by Gasteiger charge is 2.12. The maximum Gasteiger partial charge on any atom is 0.356 e. The Morgan fingerprint density at radius 2 is 2.05 bits per heavy atom. The number of hydrogen-bond acceptors (Lipinski definition) is 4. The van der Waals surface area contributed by atoms with Crippen molar-refractivity contribution in [3.05, 3.63) is 41.7 Å². The lowest BCUT2D eigenvalue weighted by atomic mass is 10.3. The second-order valence-electron chi connectivity index (χ2n) is 3.92. The molecule has 0 atom stereocenters. The summed E-state index contributed by atoms with van der Waals surface area (Å²) in [5, 5.41) is 22.0. The number of ether oxygens (including phenoxy) is 1. The average molecular weight is 262 g/mol. The molecule has 6 nitrogen and oxygen atoms in total. The van der Waals surface area contributed by atoms with Crippen LogP contribution in [0.1, 0.15) is 23.1 Å². The second-order valence-corrected chi connectivity index (χ2v) is 3.92. The zero-order chi connectivity index (χ0) is 13.8. The fraction of sp³-hybridized carbons (Fsp3) is 0.231. The van der Waals surface area contributed by atoms with E-state index in [2.05, 4.69) is 5.10 Å². The minimum atomic E-state index is -1.06. The molecule has 19 heavy (non-hydrogen) atoms. The number of aromatic nitrogens is 2. The quantitative estimate of drug-likeness (QED) is 0.859. The molecule has 1 aromatic carbocycles. The molecule has 0 aliphatic rings. The number of phenols is 1. The van der Waals surface area contributed by atoms with Gasteiger partial charge in [-0.25, -0.2) is 4.79 Å². The van der Waals surface area contributed by atoms with Crippen LogP contribution in [0.25, 0.3) is 0 Å². The Kier molecular flexibility index (Phi) is 3.70. The highest BCUT2D eigenvalue weighted by Crippen LogP contribution is 2.17. The topological polar surface area (TPSA) is 84.6 Å². The van der Waals surface area contributed by atoms with Gasteiger partial charge in [0.05, 0.1) is 5.69 Å². The molecule has 0 saturated carbocycles. The summed E-state index contributed by atoms with van der Waals surface area (Å²) < 4.78 is 7.10. The number of phenolic OH excluding ortho intramolecular Hbond substituents is 1. The standard InChI is InChI=1S/C13H14N2O4/c1-2-15-9(7-12(14-15)13(17)18)8-19-11-5-3-10(16)4-6-11/h3-7,16H,2,8H2,1H3,(H,17,18). The molecule has 1 aromatic heterocycles. The number of aromatic carboxylic acids is 1. The molecule has 0 aliphatic carbocycles. The van der Waals surface area contributed by atoms with Gasteiger partial charge in [-0.3, -0.25) is 4.68 Å². The van der Waals surface area contributed by atoms with Crippen molar-refractivity contribution >= 4 is 5.97 Å². The van der Waals surface area contributed by atoms with E-state index in [0.717, 1.165) is 0 Å². The Morgan fingerprint density at radius 3 is 2.63 bits per heavy atom. The van der Waals surface area contributed by atoms with E-state index in [-0.39, 0.29) is 18.1 Å². The Labute approximate surface area is 109 Å². The molecular weight excluding hydrogens is 248 g/mol. The summed E-state index contributed by atoms with van der Waals surface area (Å²) in [7, 11) is 0. The van der Waals surface area contributed by atoms with Gasteiger partial charge < -0.3 is 14.9 Å². The molecule has 0 spiro atoms. The van der Waals surface area contributed by atoms with E-state index in [1.807, 2.05) is 6.92 Å². The Bertz CT molecular complexity index is 575. The zero-order valence-corrected chi connectivity index (χ0v) is 10.4. The molecule has 0 bridgehead atoms. The first-order valence-corrected chi connectivity index (χ1v) is 5.82. The molecule has 0 amide bonds. The molecule has 0 radical (unpaired) electrons. The third-order valence-corrected chi connectivity index (χ3v) is 2.61. The highest BCUT2D eigenvalue weighted by atomic mass is 16.5. The van der Waals surface area contributed by atoms with E-state index >= 15 is 0 Å². The summed E-state index contributed by atoms with van der Waals surface area (Å²) >= 11 is 0. The summed E-state index contributed by atoms with van der Waals surface area (Å²) in [6.07, 6.45) is 0. The van der Waals surface area contributed by atoms with Gasteiger partial charge in [0.15, 0.2) is 5.69 Å². The number of carbonyl (C=O) groups is 1. The van der Waals surface area contributed by atoms with Crippen LogP contribution in [-0.4, -0.2) is 26.0 Å². The van der Waals surface area contributed by atoms with Crippen molar-refractivity contribution in [2.45, 2.75) is 20.1 Å². The van der Waals surface area contributed by atoms with Crippen LogP contribution < -0.4 is 4.74 Å². The number of aromatic hydroxyl groups is 1. The second kappa shape index (κ2) is 5.43. The molecule has 2 aromatic rings. The van der Waals surface area contributed by atoms with Crippen molar-refractivity contribution in [3.8, 4) is 11.5 Å². The SMILES string of the molecule is CCn1nc(C(=O)O)cc1COc1ccc(O)cc1. The molecule has 2 rings (SSSR count). The molecule has 0 fully saturated rings. The molecule has 0 unspecified atom stereocenters. The van der Waals surface area contributed by atoms with Gasteiger partial charge in [0.1, 0.15) is 18.1 Å². The highest BCUT2D eigenvalue weighted by molar-refractivity contribution is 5.85. The minimum Gasteiger partial charge on any atom is -0.508 e. The van der Waals surface area contributed by atoms with Crippen LogP contribution >= 0.6 is 0 Å². The van der Waals surface area contributed by atoms with Crippen LogP contribution in [0, 0.1) is 0 Å². The van der Waals surface area contributed by atoms with Crippen LogP contribution in [0.5, 0.6) is 11.5 Å². The van der Waals surface area contributed by atoms with Crippen LogP contribution in [0.3, 0.4) is 0 Å². The fourth-order valence-electron chi connectivity index (χ4n) is 1.65. The van der Waals surface area contributed by atoms with Gasteiger partial charge in [-0.2, -0.15) is 5.10 Å². The smallest absolute Gasteiger partial charge is 0.356 e. The van der Waals surface area contributed by atoms with Crippen LogP contribution in [0.2, 0.25) is 0 Å². The van der Waals surface area contributed by atoms with Crippen molar-refractivity contribution < 1.29 is 19.7 Å². The summed E-state index contributed by atoms with van der Waals surface area (Å²) in [4.78, 5) is 10.8. The Morgan fingerprint density at radius 1 is 1.37 bits per heavy atom. The van der Waals surface area contributed by atoms with E-state index in [4.69, 9.17) is 14.9 Å². The number of hydrogen-bond donors (Lipinski definition) is 2. The van der Waals surface area contributed by atoms with Crippen molar-refractivity contribution in [2.75, 3.05) is 0 Å². The number of carboxylic acid groups (broad SMARTS) is 1. The molecule has 0 saturated heterocycles. The average Bonchev–Trinajstić information content (AvgIpc) is 2.81. The number of nitrogens with zero attached hydrogens (tertiary/aromatic N) is 2. The summed E-state index contributed by atoms with van der Waals surface area (Å²) in [5.41, 5.74) is 0.694. The summed E-state index contributed by atoms with van der Waals surface area (Å²) in [6.45, 7) is 2.67. The van der Waals surface area contributed by atoms with Gasteiger partial charge >= 0.3 is 5.97 Å². The van der Waals surface area contributed by atoms with E-state index in [1.54, 1.807) is 16.8 Å². The monoisotopic (exact) mass is 262 g/mol. The van der Waals surface area contributed by atoms with Crippen molar-refractivity contribution in [3.63, 3.8) is 0 Å². The largest absolute Gasteiger partial charge is 0.508 e. The van der Waals surface area contributed by atoms with Gasteiger partial charge in [-0.05, 0) is 37.3 Å². The normalized spacial score (nSPS) is 10.4. The first-order valence-electron chi connectivity index (χ1n) is 5.82. The first kappa shape index (κ1) is 12.9. The fourth-order valence-corrected chi connectivity index (χ4v) is 1.65. The molecule has 2 N–H and O–H groups in total. The van der Waals surface area contributed by atoms with E-state index in [1.165, 1.54) is 18.2 Å². The lowest BCUT2D eigenvalue weighted by Gasteiger charge is -2.07. The molecule has 6 heteroatoms. The van der Waals surface area contributed by atoms with Crippen molar-refractivity contribution in [1.29, 1.82) is 0 Å². The maximum absolute atomic E-state index is 10.8. The molecular formula is C13H14N2O4. The Balaban J connectivity index is 2.10. The van der Waals surface area contributed by atoms with E-state index in [9.17, 15) is 4.79 Å².